The van der Waals surface area contributed by atoms with E-state index in [1.807, 2.05) is 42.2 Å². The van der Waals surface area contributed by atoms with Crippen LogP contribution >= 0.6 is 11.6 Å². The van der Waals surface area contributed by atoms with Crippen LogP contribution in [0.4, 0.5) is 5.82 Å². The lowest BCUT2D eigenvalue weighted by atomic mass is 10.1. The second-order valence-corrected chi connectivity index (χ2v) is 7.89. The van der Waals surface area contributed by atoms with Crippen LogP contribution in [0.3, 0.4) is 0 Å². The van der Waals surface area contributed by atoms with Gasteiger partial charge in [0, 0.05) is 54.7 Å². The van der Waals surface area contributed by atoms with Gasteiger partial charge in [0.25, 0.3) is 5.56 Å². The molecule has 1 saturated heterocycles. The average Bonchev–Trinajstić information content (AvgIpc) is 2.80. The minimum atomic E-state index is -0.163. The van der Waals surface area contributed by atoms with E-state index in [0.29, 0.717) is 49.9 Å². The fourth-order valence-corrected chi connectivity index (χ4v) is 3.84. The van der Waals surface area contributed by atoms with Crippen molar-refractivity contribution < 1.29 is 4.79 Å². The number of nitrogens with one attached hydrogen (secondary N) is 1. The third-order valence-electron chi connectivity index (χ3n) is 5.43. The van der Waals surface area contributed by atoms with E-state index in [0.717, 1.165) is 22.6 Å². The summed E-state index contributed by atoms with van der Waals surface area (Å²) in [6, 6.07) is 12.8. The zero-order valence-corrected chi connectivity index (χ0v) is 18.1. The first kappa shape index (κ1) is 21.1. The number of aromatic amines is 1. The lowest BCUT2D eigenvalue weighted by Gasteiger charge is -2.35. The molecule has 1 fully saturated rings. The molecule has 0 aliphatic carbocycles. The molecule has 1 aliphatic rings. The summed E-state index contributed by atoms with van der Waals surface area (Å²) in [6.45, 7) is 4.66. The molecule has 8 heteroatoms. The normalized spacial score (nSPS) is 14.0. The topological polar surface area (TPSA) is 82.2 Å². The van der Waals surface area contributed by atoms with Gasteiger partial charge in [-0.2, -0.15) is 0 Å². The van der Waals surface area contributed by atoms with Gasteiger partial charge in [-0.15, -0.1) is 0 Å². The van der Waals surface area contributed by atoms with E-state index in [2.05, 4.69) is 19.9 Å². The van der Waals surface area contributed by atoms with Crippen molar-refractivity contribution in [3.05, 3.63) is 75.3 Å². The highest BCUT2D eigenvalue weighted by molar-refractivity contribution is 6.31. The SMILES string of the molecule is CCc1cc(=O)[nH]c(-c2ccc(N3CCN(C(=O)Cc4ccccc4Cl)CC3)nc2)n1. The lowest BCUT2D eigenvalue weighted by Crippen LogP contribution is -2.49. The minimum absolute atomic E-state index is 0.0851. The molecule has 7 nitrogen and oxygen atoms in total. The number of piperazine rings is 1. The van der Waals surface area contributed by atoms with Gasteiger partial charge in [0.05, 0.1) is 6.42 Å². The number of H-pyrrole nitrogens is 1. The molecular weight excluding hydrogens is 414 g/mol. The summed E-state index contributed by atoms with van der Waals surface area (Å²) in [5, 5.41) is 0.624. The molecule has 1 aromatic carbocycles. The number of rotatable bonds is 5. The molecule has 2 aromatic heterocycles. The number of halogens is 1. The number of carbonyl (C=O) groups excluding carboxylic acids is 1. The van der Waals surface area contributed by atoms with Crippen LogP contribution in [0.2, 0.25) is 5.02 Å². The Kier molecular flexibility index (Phi) is 6.32. The van der Waals surface area contributed by atoms with E-state index >= 15 is 0 Å². The summed E-state index contributed by atoms with van der Waals surface area (Å²) in [5.41, 5.74) is 2.21. The molecule has 0 atom stereocenters. The molecule has 0 bridgehead atoms. The molecule has 1 aliphatic heterocycles. The number of hydrogen-bond acceptors (Lipinski definition) is 5. The Morgan fingerprint density at radius 2 is 1.90 bits per heavy atom. The number of amides is 1. The summed E-state index contributed by atoms with van der Waals surface area (Å²) in [7, 11) is 0. The van der Waals surface area contributed by atoms with Crippen molar-refractivity contribution in [1.82, 2.24) is 19.9 Å². The van der Waals surface area contributed by atoms with E-state index in [4.69, 9.17) is 11.6 Å². The lowest BCUT2D eigenvalue weighted by molar-refractivity contribution is -0.130. The van der Waals surface area contributed by atoms with Crippen LogP contribution in [0.5, 0.6) is 0 Å². The van der Waals surface area contributed by atoms with Crippen LogP contribution in [0.1, 0.15) is 18.2 Å². The predicted octanol–water partition coefficient (Wildman–Crippen LogP) is 2.94. The molecule has 1 amide bonds. The monoisotopic (exact) mass is 437 g/mol. The summed E-state index contributed by atoms with van der Waals surface area (Å²) in [5.74, 6) is 1.45. The highest BCUT2D eigenvalue weighted by atomic mass is 35.5. The zero-order chi connectivity index (χ0) is 21.8. The Morgan fingerprint density at radius 3 is 2.58 bits per heavy atom. The average molecular weight is 438 g/mol. The number of anilines is 1. The fourth-order valence-electron chi connectivity index (χ4n) is 3.64. The van der Waals surface area contributed by atoms with Crippen molar-refractivity contribution >= 4 is 23.3 Å². The number of nitrogens with zero attached hydrogens (tertiary/aromatic N) is 4. The van der Waals surface area contributed by atoms with Gasteiger partial charge in [0.15, 0.2) is 0 Å². The van der Waals surface area contributed by atoms with Crippen molar-refractivity contribution in [1.29, 1.82) is 0 Å². The third-order valence-corrected chi connectivity index (χ3v) is 5.80. The first-order valence-electron chi connectivity index (χ1n) is 10.4. The van der Waals surface area contributed by atoms with Crippen molar-refractivity contribution in [3.63, 3.8) is 0 Å². The summed E-state index contributed by atoms with van der Waals surface area (Å²) in [4.78, 5) is 40.3. The van der Waals surface area contributed by atoms with Crippen LogP contribution < -0.4 is 10.5 Å². The smallest absolute Gasteiger partial charge is 0.251 e. The molecule has 1 N–H and O–H groups in total. The maximum Gasteiger partial charge on any atom is 0.251 e. The quantitative estimate of drug-likeness (QED) is 0.663. The van der Waals surface area contributed by atoms with Gasteiger partial charge < -0.3 is 14.8 Å². The summed E-state index contributed by atoms with van der Waals surface area (Å²) in [6.07, 6.45) is 2.73. The molecule has 0 radical (unpaired) electrons. The Bertz CT molecular complexity index is 1120. The van der Waals surface area contributed by atoms with Crippen LogP contribution in [-0.4, -0.2) is 51.9 Å². The number of carbonyl (C=O) groups is 1. The number of aryl methyl sites for hydroxylation is 1. The van der Waals surface area contributed by atoms with Crippen LogP contribution in [0, 0.1) is 0 Å². The molecule has 3 aromatic rings. The maximum atomic E-state index is 12.6. The van der Waals surface area contributed by atoms with E-state index < -0.39 is 0 Å². The Morgan fingerprint density at radius 1 is 1.13 bits per heavy atom. The van der Waals surface area contributed by atoms with Gasteiger partial charge in [-0.25, -0.2) is 9.97 Å². The van der Waals surface area contributed by atoms with Gasteiger partial charge in [-0.1, -0.05) is 36.7 Å². The van der Waals surface area contributed by atoms with Gasteiger partial charge in [0.1, 0.15) is 11.6 Å². The number of pyridine rings is 1. The fraction of sp³-hybridized carbons (Fsp3) is 0.304. The molecule has 0 saturated carbocycles. The number of benzene rings is 1. The van der Waals surface area contributed by atoms with Gasteiger partial charge >= 0.3 is 0 Å². The zero-order valence-electron chi connectivity index (χ0n) is 17.3. The van der Waals surface area contributed by atoms with Crippen molar-refractivity contribution in [2.75, 3.05) is 31.1 Å². The molecule has 31 heavy (non-hydrogen) atoms. The largest absolute Gasteiger partial charge is 0.353 e. The molecule has 0 unspecified atom stereocenters. The predicted molar refractivity (Wildman–Crippen MR) is 121 cm³/mol. The maximum absolute atomic E-state index is 12.6. The Labute approximate surface area is 185 Å². The standard InChI is InChI=1S/C23H24ClN5O2/c1-2-18-14-21(30)27-23(26-18)17-7-8-20(25-15-17)28-9-11-29(12-10-28)22(31)13-16-5-3-4-6-19(16)24/h3-8,14-15H,2,9-13H2,1H3,(H,26,27,30). The van der Waals surface area contributed by atoms with Crippen LogP contribution in [0.25, 0.3) is 11.4 Å². The molecule has 0 spiro atoms. The molecule has 3 heterocycles. The van der Waals surface area contributed by atoms with Crippen molar-refractivity contribution in [2.24, 2.45) is 0 Å². The summed E-state index contributed by atoms with van der Waals surface area (Å²) < 4.78 is 0. The van der Waals surface area contributed by atoms with Crippen LogP contribution in [0.15, 0.2) is 53.5 Å². The highest BCUT2D eigenvalue weighted by Crippen LogP contribution is 2.20. The van der Waals surface area contributed by atoms with E-state index in [9.17, 15) is 9.59 Å². The van der Waals surface area contributed by atoms with Crippen LogP contribution in [-0.2, 0) is 17.6 Å². The number of hydrogen-bond donors (Lipinski definition) is 1. The summed E-state index contributed by atoms with van der Waals surface area (Å²) >= 11 is 6.18. The minimum Gasteiger partial charge on any atom is -0.353 e. The Balaban J connectivity index is 1.38. The van der Waals surface area contributed by atoms with E-state index in [1.54, 1.807) is 12.3 Å². The first-order chi connectivity index (χ1) is 15.0. The molecule has 4 rings (SSSR count). The first-order valence-corrected chi connectivity index (χ1v) is 10.7. The van der Waals surface area contributed by atoms with Gasteiger partial charge in [-0.3, -0.25) is 9.59 Å². The van der Waals surface area contributed by atoms with Crippen molar-refractivity contribution in [3.8, 4) is 11.4 Å². The van der Waals surface area contributed by atoms with Gasteiger partial charge in [0.2, 0.25) is 5.91 Å². The van der Waals surface area contributed by atoms with Crippen molar-refractivity contribution in [2.45, 2.75) is 19.8 Å². The number of aromatic nitrogens is 3. The van der Waals surface area contributed by atoms with Gasteiger partial charge in [-0.05, 0) is 30.2 Å². The third kappa shape index (κ3) is 4.94. The van der Waals surface area contributed by atoms with E-state index in [-0.39, 0.29) is 11.5 Å². The second kappa shape index (κ2) is 9.31. The molecular formula is C23H24ClN5O2. The highest BCUT2D eigenvalue weighted by Gasteiger charge is 2.22. The molecule has 160 valence electrons. The van der Waals surface area contributed by atoms with E-state index in [1.165, 1.54) is 6.07 Å². The Hall–Kier alpha value is -3.19. The second-order valence-electron chi connectivity index (χ2n) is 7.48.